The summed E-state index contributed by atoms with van der Waals surface area (Å²) in [5.74, 6) is -8.80. The predicted molar refractivity (Wildman–Crippen MR) is 216 cm³/mol. The van der Waals surface area contributed by atoms with Gasteiger partial charge in [-0.25, -0.2) is 14.8 Å². The Labute approximate surface area is 354 Å². The van der Waals surface area contributed by atoms with E-state index >= 15 is 0 Å². The molecule has 0 aromatic carbocycles. The minimum atomic E-state index is -1.62. The van der Waals surface area contributed by atoms with E-state index in [-0.39, 0.29) is 63.9 Å². The van der Waals surface area contributed by atoms with Crippen LogP contribution < -0.4 is 60.6 Å². The van der Waals surface area contributed by atoms with Crippen molar-refractivity contribution in [3.8, 4) is 0 Å². The first kappa shape index (κ1) is 51.0. The Balaban J connectivity index is 2.30. The quantitative estimate of drug-likeness (QED) is 0.0215. The van der Waals surface area contributed by atoms with Crippen molar-refractivity contribution in [3.05, 3.63) is 36.4 Å². The number of aromatic amines is 2. The Hall–Kier alpha value is -7.16. The maximum absolute atomic E-state index is 13.8. The minimum Gasteiger partial charge on any atom is -0.480 e. The van der Waals surface area contributed by atoms with E-state index in [0.29, 0.717) is 11.4 Å². The Morgan fingerprint density at radius 1 is 0.645 bits per heavy atom. The number of amides is 8. The van der Waals surface area contributed by atoms with Crippen LogP contribution in [0, 0.1) is 0 Å². The third-order valence-electron chi connectivity index (χ3n) is 8.95. The zero-order chi connectivity index (χ0) is 46.5. The second-order valence-electron chi connectivity index (χ2n) is 14.2. The zero-order valence-corrected chi connectivity index (χ0v) is 34.1. The van der Waals surface area contributed by atoms with Crippen molar-refractivity contribution in [2.75, 3.05) is 6.54 Å². The molecule has 2 heterocycles. The van der Waals surface area contributed by atoms with Crippen LogP contribution in [0.5, 0.6) is 0 Å². The lowest BCUT2D eigenvalue weighted by Crippen LogP contribution is -2.61. The normalized spacial score (nSPS) is 14.8. The van der Waals surface area contributed by atoms with E-state index < -0.39 is 102 Å². The van der Waals surface area contributed by atoms with Gasteiger partial charge in [0.1, 0.15) is 36.3 Å². The van der Waals surface area contributed by atoms with E-state index in [1.54, 1.807) is 0 Å². The molecule has 2 aromatic heterocycles. The number of aliphatic hydroxyl groups is 1. The maximum Gasteiger partial charge on any atom is 0.326 e. The number of H-pyrrole nitrogens is 2. The fourth-order valence-electron chi connectivity index (χ4n) is 5.54. The summed E-state index contributed by atoms with van der Waals surface area (Å²) in [6.07, 6.45) is 2.36. The van der Waals surface area contributed by atoms with Crippen molar-refractivity contribution in [2.24, 2.45) is 33.7 Å². The number of hydrogen-bond acceptors (Lipinski definition) is 14. The third-order valence-corrected chi connectivity index (χ3v) is 8.95. The molecule has 20 N–H and O–H groups in total. The predicted octanol–water partition coefficient (Wildman–Crippen LogP) is -6.78. The standard InChI is InChI=1S/C35H56N16O11/c1-16(46-31(58)23(10-18-12-41-14-44-18)50-33(60)27(17(2)52)51-29(56)20(36)5-7-25(37)53)28(55)47-21(4-3-9-43-35(39)40)30(57)49-24(11-19-13-42-15-45-19)32(59)48-22(34(61)62)6-8-26(38)54/h12-17,20-24,27,52H,3-11,36H2,1-2H3,(H2,37,53)(H2,38,54)(H,41,44)(H,42,45)(H,46,58)(H,47,55)(H,48,59)(H,49,57)(H,50,60)(H,51,56)(H,61,62)(H4,39,40,43)/t16-,17+,20-,21-,22-,23-,24-,27-/m0/s1. The first-order valence-corrected chi connectivity index (χ1v) is 19.2. The number of nitrogens with one attached hydrogen (secondary N) is 8. The van der Waals surface area contributed by atoms with Gasteiger partial charge in [0.2, 0.25) is 47.3 Å². The molecule has 0 spiro atoms. The molecule has 0 saturated carbocycles. The van der Waals surface area contributed by atoms with Crippen molar-refractivity contribution in [1.82, 2.24) is 51.8 Å². The van der Waals surface area contributed by atoms with Crippen LogP contribution in [0.2, 0.25) is 0 Å². The Morgan fingerprint density at radius 3 is 1.61 bits per heavy atom. The van der Waals surface area contributed by atoms with Crippen LogP contribution in [0.3, 0.4) is 0 Å². The van der Waals surface area contributed by atoms with Crippen LogP contribution in [0.15, 0.2) is 30.0 Å². The van der Waals surface area contributed by atoms with Gasteiger partial charge in [0.15, 0.2) is 5.96 Å². The molecule has 0 aliphatic heterocycles. The lowest BCUT2D eigenvalue weighted by atomic mass is 10.1. The average molecular weight is 877 g/mol. The van der Waals surface area contributed by atoms with E-state index in [0.717, 1.165) is 0 Å². The van der Waals surface area contributed by atoms with Gasteiger partial charge in [-0.3, -0.25) is 43.3 Å². The molecule has 62 heavy (non-hydrogen) atoms. The number of guanidine groups is 1. The number of aliphatic hydroxyl groups excluding tert-OH is 1. The van der Waals surface area contributed by atoms with E-state index in [1.807, 2.05) is 0 Å². The fraction of sp³-hybridized carbons (Fsp3) is 0.543. The second kappa shape index (κ2) is 25.5. The number of imidazole rings is 2. The summed E-state index contributed by atoms with van der Waals surface area (Å²) < 4.78 is 0. The van der Waals surface area contributed by atoms with Gasteiger partial charge in [-0.15, -0.1) is 0 Å². The van der Waals surface area contributed by atoms with Gasteiger partial charge < -0.3 is 80.8 Å². The highest BCUT2D eigenvalue weighted by Crippen LogP contribution is 2.08. The molecule has 8 amide bonds. The van der Waals surface area contributed by atoms with Gasteiger partial charge in [0.05, 0.1) is 24.8 Å². The molecule has 342 valence electrons. The lowest BCUT2D eigenvalue weighted by molar-refractivity contribution is -0.142. The minimum absolute atomic E-state index is 0.0225. The number of carboxylic acid groups (broad SMARTS) is 1. The molecule has 0 bridgehead atoms. The summed E-state index contributed by atoms with van der Waals surface area (Å²) in [4.78, 5) is 132. The number of aliphatic carboxylic acids is 1. The molecule has 27 heteroatoms. The van der Waals surface area contributed by atoms with Crippen LogP contribution in [0.1, 0.15) is 63.8 Å². The molecular formula is C35H56N16O11. The zero-order valence-electron chi connectivity index (χ0n) is 34.1. The maximum atomic E-state index is 13.8. The van der Waals surface area contributed by atoms with Crippen LogP contribution in [0.4, 0.5) is 0 Å². The van der Waals surface area contributed by atoms with Crippen LogP contribution in [-0.4, -0.2) is 144 Å². The average Bonchev–Trinajstić information content (AvgIpc) is 3.92. The molecule has 0 unspecified atom stereocenters. The van der Waals surface area contributed by atoms with E-state index in [1.165, 1.54) is 38.9 Å². The van der Waals surface area contributed by atoms with E-state index in [9.17, 15) is 53.4 Å². The smallest absolute Gasteiger partial charge is 0.326 e. The van der Waals surface area contributed by atoms with Crippen molar-refractivity contribution in [3.63, 3.8) is 0 Å². The number of primary amides is 2. The number of carbonyl (C=O) groups is 9. The molecule has 0 fully saturated rings. The van der Waals surface area contributed by atoms with Crippen LogP contribution in [0.25, 0.3) is 0 Å². The van der Waals surface area contributed by atoms with Gasteiger partial charge in [0, 0.05) is 56.0 Å². The topological polar surface area (TPSA) is 466 Å². The summed E-state index contributed by atoms with van der Waals surface area (Å²) in [6, 6.07) is -10.1. The molecule has 0 aliphatic carbocycles. The number of rotatable bonds is 28. The number of aromatic nitrogens is 4. The number of carbonyl (C=O) groups excluding carboxylic acids is 8. The molecule has 2 rings (SSSR count). The third kappa shape index (κ3) is 18.4. The SMILES string of the molecule is C[C@H](NC(=O)[C@H](Cc1cnc[nH]1)NC(=O)[C@@H](NC(=O)[C@@H](N)CCC(N)=O)[C@@H](C)O)C(=O)N[C@@H](CCCN=C(N)N)C(=O)N[C@@H](Cc1cnc[nH]1)C(=O)N[C@@H](CCC(N)=O)C(=O)O. The lowest BCUT2D eigenvalue weighted by Gasteiger charge is -2.27. The summed E-state index contributed by atoms with van der Waals surface area (Å²) in [5.41, 5.74) is 27.6. The van der Waals surface area contributed by atoms with Gasteiger partial charge in [-0.05, 0) is 39.5 Å². The van der Waals surface area contributed by atoms with Crippen LogP contribution in [-0.2, 0) is 56.0 Å². The van der Waals surface area contributed by atoms with Crippen LogP contribution >= 0.6 is 0 Å². The summed E-state index contributed by atoms with van der Waals surface area (Å²) in [7, 11) is 0. The first-order chi connectivity index (χ1) is 29.2. The Kier molecular flexibility index (Phi) is 20.9. The molecule has 0 radical (unpaired) electrons. The van der Waals surface area contributed by atoms with Gasteiger partial charge in [-0.2, -0.15) is 0 Å². The van der Waals surface area contributed by atoms with Crippen molar-refractivity contribution in [1.29, 1.82) is 0 Å². The van der Waals surface area contributed by atoms with Crippen molar-refractivity contribution in [2.45, 2.75) is 114 Å². The number of aliphatic imine (C=N–C) groups is 1. The highest BCUT2D eigenvalue weighted by molar-refractivity contribution is 5.97. The summed E-state index contributed by atoms with van der Waals surface area (Å²) in [5, 5.41) is 34.5. The molecule has 2 aromatic rings. The highest BCUT2D eigenvalue weighted by Gasteiger charge is 2.34. The van der Waals surface area contributed by atoms with Gasteiger partial charge in [0.25, 0.3) is 0 Å². The molecular weight excluding hydrogens is 820 g/mol. The number of nitrogens with two attached hydrogens (primary N) is 5. The van der Waals surface area contributed by atoms with Gasteiger partial charge in [-0.1, -0.05) is 0 Å². The molecule has 0 aliphatic rings. The number of nitrogens with zero attached hydrogens (tertiary/aromatic N) is 3. The van der Waals surface area contributed by atoms with E-state index in [2.05, 4.69) is 56.8 Å². The summed E-state index contributed by atoms with van der Waals surface area (Å²) in [6.45, 7) is 2.50. The van der Waals surface area contributed by atoms with Crippen molar-refractivity contribution < 1.29 is 53.4 Å². The second-order valence-corrected chi connectivity index (χ2v) is 14.2. The van der Waals surface area contributed by atoms with E-state index in [4.69, 9.17) is 28.7 Å². The highest BCUT2D eigenvalue weighted by atomic mass is 16.4. The van der Waals surface area contributed by atoms with Gasteiger partial charge >= 0.3 is 5.97 Å². The Morgan fingerprint density at radius 2 is 1.13 bits per heavy atom. The number of hydrogen-bond donors (Lipinski definition) is 15. The van der Waals surface area contributed by atoms with Crippen molar-refractivity contribution >= 4 is 59.2 Å². The first-order valence-electron chi connectivity index (χ1n) is 19.2. The Bertz CT molecular complexity index is 1870. The molecule has 0 saturated heterocycles. The molecule has 27 nitrogen and oxygen atoms in total. The number of carboxylic acids is 1. The molecule has 8 atom stereocenters. The summed E-state index contributed by atoms with van der Waals surface area (Å²) >= 11 is 0. The monoisotopic (exact) mass is 876 g/mol. The largest absolute Gasteiger partial charge is 0.480 e. The fourth-order valence-corrected chi connectivity index (χ4v) is 5.54.